The van der Waals surface area contributed by atoms with Crippen LogP contribution in [0, 0.1) is 0 Å². The molecule has 0 aliphatic carbocycles. The summed E-state index contributed by atoms with van der Waals surface area (Å²) in [5.74, 6) is 1.48. The van der Waals surface area contributed by atoms with Crippen LogP contribution in [0.5, 0.6) is 11.5 Å². The van der Waals surface area contributed by atoms with E-state index in [0.29, 0.717) is 6.54 Å². The van der Waals surface area contributed by atoms with Crippen molar-refractivity contribution in [1.29, 1.82) is 0 Å². The van der Waals surface area contributed by atoms with E-state index in [1.807, 2.05) is 78.0 Å². The lowest BCUT2D eigenvalue weighted by Crippen LogP contribution is -2.16. The maximum Gasteiger partial charge on any atom is 0.131 e. The summed E-state index contributed by atoms with van der Waals surface area (Å²) >= 11 is 0. The van der Waals surface area contributed by atoms with E-state index >= 15 is 0 Å². The fourth-order valence-corrected chi connectivity index (χ4v) is 2.61. The van der Waals surface area contributed by atoms with Gasteiger partial charge in [0.2, 0.25) is 0 Å². The Morgan fingerprint density at radius 3 is 2.19 bits per heavy atom. The number of para-hydroxylation sites is 1. The Labute approximate surface area is 154 Å². The minimum absolute atomic E-state index is 0.680. The Balaban J connectivity index is 1.89. The van der Waals surface area contributed by atoms with Gasteiger partial charge >= 0.3 is 0 Å². The maximum atomic E-state index is 5.45. The zero-order valence-electron chi connectivity index (χ0n) is 15.0. The van der Waals surface area contributed by atoms with Crippen LogP contribution in [-0.4, -0.2) is 20.4 Å². The van der Waals surface area contributed by atoms with Gasteiger partial charge in [0.15, 0.2) is 0 Å². The molecule has 0 saturated carbocycles. The molecule has 3 aromatic rings. The van der Waals surface area contributed by atoms with Gasteiger partial charge in [0.25, 0.3) is 0 Å². The van der Waals surface area contributed by atoms with Crippen molar-refractivity contribution in [2.24, 2.45) is 5.10 Å². The van der Waals surface area contributed by atoms with Gasteiger partial charge in [-0.2, -0.15) is 5.10 Å². The number of ether oxygens (including phenoxy) is 2. The van der Waals surface area contributed by atoms with E-state index < -0.39 is 0 Å². The van der Waals surface area contributed by atoms with Gasteiger partial charge in [-0.3, -0.25) is 5.01 Å². The van der Waals surface area contributed by atoms with Crippen molar-refractivity contribution in [3.63, 3.8) is 0 Å². The predicted molar refractivity (Wildman–Crippen MR) is 106 cm³/mol. The summed E-state index contributed by atoms with van der Waals surface area (Å²) < 4.78 is 10.7. The highest BCUT2D eigenvalue weighted by atomic mass is 16.5. The molecule has 3 rings (SSSR count). The fourth-order valence-electron chi connectivity index (χ4n) is 2.61. The summed E-state index contributed by atoms with van der Waals surface area (Å²) in [4.78, 5) is 0. The van der Waals surface area contributed by atoms with Crippen LogP contribution in [0.3, 0.4) is 0 Å². The van der Waals surface area contributed by atoms with Crippen molar-refractivity contribution in [3.05, 3.63) is 90.0 Å². The molecule has 0 N–H and O–H groups in total. The molecule has 0 saturated heterocycles. The molecule has 4 nitrogen and oxygen atoms in total. The van der Waals surface area contributed by atoms with Crippen molar-refractivity contribution in [3.8, 4) is 11.5 Å². The predicted octanol–water partition coefficient (Wildman–Crippen LogP) is 4.74. The van der Waals surface area contributed by atoms with Gasteiger partial charge in [0.1, 0.15) is 11.5 Å². The van der Waals surface area contributed by atoms with Gasteiger partial charge in [-0.05, 0) is 29.8 Å². The first kappa shape index (κ1) is 17.5. The van der Waals surface area contributed by atoms with E-state index in [0.717, 1.165) is 22.7 Å². The van der Waals surface area contributed by atoms with Crippen molar-refractivity contribution in [2.75, 3.05) is 19.2 Å². The molecule has 0 spiro atoms. The van der Waals surface area contributed by atoms with E-state index in [1.54, 1.807) is 14.2 Å². The molecule has 0 heterocycles. The Morgan fingerprint density at radius 1 is 0.846 bits per heavy atom. The van der Waals surface area contributed by atoms with Crippen LogP contribution >= 0.6 is 0 Å². The third-order valence-corrected chi connectivity index (χ3v) is 4.01. The molecule has 0 aliphatic heterocycles. The molecule has 0 fully saturated rings. The second-order valence-corrected chi connectivity index (χ2v) is 5.73. The summed E-state index contributed by atoms with van der Waals surface area (Å²) in [6.45, 7) is 0.680. The minimum atomic E-state index is 0.680. The monoisotopic (exact) mass is 346 g/mol. The third kappa shape index (κ3) is 4.42. The molecule has 4 heteroatoms. The standard InChI is InChI=1S/C22H22N2O2/c1-25-21-14-13-19(22(15-21)26-2)16-23-24(20-11-7-4-8-12-20)17-18-9-5-3-6-10-18/h3-16H,17H2,1-2H3/b23-16-. The van der Waals surface area contributed by atoms with Crippen molar-refractivity contribution < 1.29 is 9.47 Å². The molecular weight excluding hydrogens is 324 g/mol. The molecule has 3 aromatic carbocycles. The molecular formula is C22H22N2O2. The van der Waals surface area contributed by atoms with Crippen LogP contribution in [-0.2, 0) is 6.54 Å². The highest BCUT2D eigenvalue weighted by molar-refractivity contribution is 5.84. The SMILES string of the molecule is COc1ccc(/C=N\N(Cc2ccccc2)c2ccccc2)c(OC)c1. The molecule has 26 heavy (non-hydrogen) atoms. The van der Waals surface area contributed by atoms with E-state index in [2.05, 4.69) is 12.1 Å². The number of hydrazone groups is 1. The number of benzene rings is 3. The van der Waals surface area contributed by atoms with E-state index in [9.17, 15) is 0 Å². The lowest BCUT2D eigenvalue weighted by molar-refractivity contribution is 0.394. The van der Waals surface area contributed by atoms with Gasteiger partial charge < -0.3 is 9.47 Å². The summed E-state index contributed by atoms with van der Waals surface area (Å²) in [5, 5.41) is 6.68. The van der Waals surface area contributed by atoms with Gasteiger partial charge in [-0.25, -0.2) is 0 Å². The zero-order valence-corrected chi connectivity index (χ0v) is 15.0. The lowest BCUT2D eigenvalue weighted by atomic mass is 10.2. The quantitative estimate of drug-likeness (QED) is 0.457. The first-order valence-electron chi connectivity index (χ1n) is 8.42. The number of rotatable bonds is 7. The smallest absolute Gasteiger partial charge is 0.131 e. The number of nitrogens with zero attached hydrogens (tertiary/aromatic N) is 2. The largest absolute Gasteiger partial charge is 0.497 e. The number of hydrogen-bond acceptors (Lipinski definition) is 4. The summed E-state index contributed by atoms with van der Waals surface area (Å²) in [5.41, 5.74) is 3.11. The van der Waals surface area contributed by atoms with E-state index in [-0.39, 0.29) is 0 Å². The second-order valence-electron chi connectivity index (χ2n) is 5.73. The van der Waals surface area contributed by atoms with E-state index in [4.69, 9.17) is 14.6 Å². The average Bonchev–Trinajstić information content (AvgIpc) is 2.72. The first-order chi connectivity index (χ1) is 12.8. The van der Waals surface area contributed by atoms with Crippen LogP contribution in [0.1, 0.15) is 11.1 Å². The van der Waals surface area contributed by atoms with E-state index in [1.165, 1.54) is 5.56 Å². The molecule has 132 valence electrons. The minimum Gasteiger partial charge on any atom is -0.497 e. The summed E-state index contributed by atoms with van der Waals surface area (Å²) in [6.07, 6.45) is 1.81. The molecule has 0 aromatic heterocycles. The maximum absolute atomic E-state index is 5.45. The number of hydrogen-bond donors (Lipinski definition) is 0. The zero-order chi connectivity index (χ0) is 18.2. The van der Waals surface area contributed by atoms with Crippen LogP contribution < -0.4 is 14.5 Å². The van der Waals surface area contributed by atoms with Crippen LogP contribution in [0.2, 0.25) is 0 Å². The van der Waals surface area contributed by atoms with Gasteiger partial charge in [0, 0.05) is 11.6 Å². The highest BCUT2D eigenvalue weighted by Crippen LogP contribution is 2.24. The topological polar surface area (TPSA) is 34.1 Å². The molecule has 0 unspecified atom stereocenters. The van der Waals surface area contributed by atoms with Gasteiger partial charge in [-0.1, -0.05) is 48.5 Å². The first-order valence-corrected chi connectivity index (χ1v) is 8.42. The average molecular weight is 346 g/mol. The third-order valence-electron chi connectivity index (χ3n) is 4.01. The molecule has 0 aliphatic rings. The van der Waals surface area contributed by atoms with Crippen LogP contribution in [0.4, 0.5) is 5.69 Å². The fraction of sp³-hybridized carbons (Fsp3) is 0.136. The van der Waals surface area contributed by atoms with Crippen LogP contribution in [0.25, 0.3) is 0 Å². The summed E-state index contributed by atoms with van der Waals surface area (Å²) in [7, 11) is 3.28. The molecule has 0 radical (unpaired) electrons. The molecule has 0 atom stereocenters. The normalized spacial score (nSPS) is 10.7. The Bertz CT molecular complexity index is 849. The second kappa shape index (κ2) is 8.72. The number of anilines is 1. The highest BCUT2D eigenvalue weighted by Gasteiger charge is 2.07. The molecule has 0 amide bonds. The van der Waals surface area contributed by atoms with Crippen molar-refractivity contribution in [2.45, 2.75) is 6.54 Å². The van der Waals surface area contributed by atoms with Crippen molar-refractivity contribution in [1.82, 2.24) is 0 Å². The van der Waals surface area contributed by atoms with Crippen LogP contribution in [0.15, 0.2) is 84.0 Å². The van der Waals surface area contributed by atoms with Gasteiger partial charge in [-0.15, -0.1) is 0 Å². The van der Waals surface area contributed by atoms with Crippen molar-refractivity contribution >= 4 is 11.9 Å². The Morgan fingerprint density at radius 2 is 1.54 bits per heavy atom. The van der Waals surface area contributed by atoms with Gasteiger partial charge in [0.05, 0.1) is 32.7 Å². The lowest BCUT2D eigenvalue weighted by Gasteiger charge is -2.19. The Kier molecular flexibility index (Phi) is 5.88. The number of methoxy groups -OCH3 is 2. The molecule has 0 bridgehead atoms. The Hall–Kier alpha value is -3.27. The summed E-state index contributed by atoms with van der Waals surface area (Å²) in [6, 6.07) is 26.1.